The minimum atomic E-state index is -0.141. The molecule has 124 valence electrons. The first-order valence-corrected chi connectivity index (χ1v) is 7.70. The molecule has 4 heteroatoms. The number of ketones is 1. The van der Waals surface area contributed by atoms with Crippen molar-refractivity contribution in [1.29, 1.82) is 0 Å². The molecule has 0 aromatic heterocycles. The van der Waals surface area contributed by atoms with Crippen molar-refractivity contribution < 1.29 is 19.7 Å². The van der Waals surface area contributed by atoms with Gasteiger partial charge in [0.15, 0.2) is 17.3 Å². The third-order valence-corrected chi connectivity index (χ3v) is 3.56. The van der Waals surface area contributed by atoms with Crippen LogP contribution in [0, 0.1) is 0 Å². The zero-order chi connectivity index (χ0) is 17.6. The number of hydrogen-bond acceptors (Lipinski definition) is 4. The summed E-state index contributed by atoms with van der Waals surface area (Å²) in [6, 6.07) is 20.4. The van der Waals surface area contributed by atoms with Gasteiger partial charge in [-0.3, -0.25) is 4.79 Å². The monoisotopic (exact) mass is 332 g/mol. The topological polar surface area (TPSA) is 66.8 Å². The number of ether oxygens (including phenoxy) is 1. The molecule has 0 aliphatic heterocycles. The molecule has 0 fully saturated rings. The average Bonchev–Trinajstić information content (AvgIpc) is 2.64. The highest BCUT2D eigenvalue weighted by atomic mass is 16.5. The molecule has 2 N–H and O–H groups in total. The van der Waals surface area contributed by atoms with Crippen LogP contribution in [0.1, 0.15) is 15.9 Å². The molecule has 0 unspecified atom stereocenters. The van der Waals surface area contributed by atoms with Crippen LogP contribution in [0.25, 0.3) is 6.08 Å². The zero-order valence-electron chi connectivity index (χ0n) is 13.3. The lowest BCUT2D eigenvalue weighted by Crippen LogP contribution is -1.92. The van der Waals surface area contributed by atoms with Gasteiger partial charge in [-0.15, -0.1) is 0 Å². The lowest BCUT2D eigenvalue weighted by atomic mass is 10.1. The first-order chi connectivity index (χ1) is 12.1. The summed E-state index contributed by atoms with van der Waals surface area (Å²) in [6.45, 7) is 0. The summed E-state index contributed by atoms with van der Waals surface area (Å²) in [5.41, 5.74) is 1.46. The van der Waals surface area contributed by atoms with Crippen LogP contribution in [0.15, 0.2) is 78.9 Å². The predicted octanol–water partition coefficient (Wildman–Crippen LogP) is 4.79. The molecule has 0 spiro atoms. The first kappa shape index (κ1) is 16.3. The number of benzene rings is 3. The van der Waals surface area contributed by atoms with Crippen LogP contribution in [0.2, 0.25) is 0 Å². The van der Waals surface area contributed by atoms with Crippen LogP contribution in [-0.4, -0.2) is 16.0 Å². The standard InChI is InChI=1S/C21H16O4/c22-18(16-5-2-1-3-6-16)14-11-15-9-12-17(13-10-15)25-21-19(23)7-4-8-20(21)24/h1-14,23-24H/b14-11+. The van der Waals surface area contributed by atoms with Gasteiger partial charge < -0.3 is 14.9 Å². The van der Waals surface area contributed by atoms with Gasteiger partial charge in [-0.1, -0.05) is 54.6 Å². The Kier molecular flexibility index (Phi) is 4.81. The maximum atomic E-state index is 12.0. The molecule has 0 saturated carbocycles. The van der Waals surface area contributed by atoms with E-state index in [0.29, 0.717) is 11.3 Å². The van der Waals surface area contributed by atoms with Crippen molar-refractivity contribution in [3.63, 3.8) is 0 Å². The van der Waals surface area contributed by atoms with Crippen molar-refractivity contribution in [2.75, 3.05) is 0 Å². The third kappa shape index (κ3) is 4.06. The highest BCUT2D eigenvalue weighted by Crippen LogP contribution is 2.38. The summed E-state index contributed by atoms with van der Waals surface area (Å²) in [6.07, 6.45) is 3.23. The molecule has 0 atom stereocenters. The molecular weight excluding hydrogens is 316 g/mol. The fourth-order valence-electron chi connectivity index (χ4n) is 2.25. The zero-order valence-corrected chi connectivity index (χ0v) is 13.3. The quantitative estimate of drug-likeness (QED) is 0.521. The Labute approximate surface area is 145 Å². The Morgan fingerprint density at radius 1 is 0.800 bits per heavy atom. The second kappa shape index (κ2) is 7.36. The smallest absolute Gasteiger partial charge is 0.210 e. The van der Waals surface area contributed by atoms with Gasteiger partial charge in [0.05, 0.1) is 0 Å². The van der Waals surface area contributed by atoms with Crippen molar-refractivity contribution in [3.05, 3.63) is 90.0 Å². The van der Waals surface area contributed by atoms with Gasteiger partial charge in [0.1, 0.15) is 5.75 Å². The molecule has 25 heavy (non-hydrogen) atoms. The second-order valence-electron chi connectivity index (χ2n) is 5.36. The number of para-hydroxylation sites is 1. The fraction of sp³-hybridized carbons (Fsp3) is 0. The SMILES string of the molecule is O=C(/C=C/c1ccc(Oc2c(O)cccc2O)cc1)c1ccccc1. The summed E-state index contributed by atoms with van der Waals surface area (Å²) in [4.78, 5) is 12.0. The number of hydrogen-bond donors (Lipinski definition) is 2. The lowest BCUT2D eigenvalue weighted by molar-refractivity contribution is 0.104. The van der Waals surface area contributed by atoms with E-state index in [-0.39, 0.29) is 23.0 Å². The van der Waals surface area contributed by atoms with E-state index < -0.39 is 0 Å². The van der Waals surface area contributed by atoms with Gasteiger partial charge in [0.25, 0.3) is 0 Å². The number of carbonyl (C=O) groups excluding carboxylic acids is 1. The van der Waals surface area contributed by atoms with Crippen molar-refractivity contribution in [2.24, 2.45) is 0 Å². The maximum absolute atomic E-state index is 12.0. The number of phenols is 2. The van der Waals surface area contributed by atoms with Crippen molar-refractivity contribution in [3.8, 4) is 23.0 Å². The highest BCUT2D eigenvalue weighted by molar-refractivity contribution is 6.06. The van der Waals surface area contributed by atoms with Gasteiger partial charge in [-0.05, 0) is 35.9 Å². The molecule has 3 aromatic carbocycles. The molecule has 0 aliphatic carbocycles. The summed E-state index contributed by atoms with van der Waals surface area (Å²) in [5, 5.41) is 19.5. The summed E-state index contributed by atoms with van der Waals surface area (Å²) in [5.74, 6) is 0.114. The van der Waals surface area contributed by atoms with Crippen molar-refractivity contribution >= 4 is 11.9 Å². The summed E-state index contributed by atoms with van der Waals surface area (Å²) >= 11 is 0. The van der Waals surface area contributed by atoms with E-state index in [1.54, 1.807) is 42.5 Å². The van der Waals surface area contributed by atoms with Crippen molar-refractivity contribution in [1.82, 2.24) is 0 Å². The Hall–Kier alpha value is -3.53. The summed E-state index contributed by atoms with van der Waals surface area (Å²) < 4.78 is 5.50. The van der Waals surface area contributed by atoms with E-state index >= 15 is 0 Å². The predicted molar refractivity (Wildman–Crippen MR) is 96.1 cm³/mol. The molecule has 0 radical (unpaired) electrons. The molecule has 0 heterocycles. The normalized spacial score (nSPS) is 10.7. The molecule has 4 nitrogen and oxygen atoms in total. The number of aromatic hydroxyl groups is 2. The lowest BCUT2D eigenvalue weighted by Gasteiger charge is -2.09. The molecule has 3 rings (SSSR count). The number of carbonyl (C=O) groups is 1. The number of phenolic OH excluding ortho intramolecular Hbond substituents is 2. The number of allylic oxidation sites excluding steroid dienone is 1. The van der Waals surface area contributed by atoms with Crippen LogP contribution in [-0.2, 0) is 0 Å². The molecule has 0 aliphatic rings. The third-order valence-electron chi connectivity index (χ3n) is 3.56. The number of rotatable bonds is 5. The van der Waals surface area contributed by atoms with Crippen molar-refractivity contribution in [2.45, 2.75) is 0 Å². The Morgan fingerprint density at radius 3 is 2.08 bits per heavy atom. The minimum Gasteiger partial charge on any atom is -0.504 e. The first-order valence-electron chi connectivity index (χ1n) is 7.70. The van der Waals surface area contributed by atoms with Crippen LogP contribution in [0.4, 0.5) is 0 Å². The fourth-order valence-corrected chi connectivity index (χ4v) is 2.25. The van der Waals surface area contributed by atoms with Gasteiger partial charge in [0.2, 0.25) is 5.75 Å². The molecule has 3 aromatic rings. The van der Waals surface area contributed by atoms with Crippen LogP contribution >= 0.6 is 0 Å². The van der Waals surface area contributed by atoms with Crippen LogP contribution < -0.4 is 4.74 Å². The van der Waals surface area contributed by atoms with Crippen LogP contribution in [0.3, 0.4) is 0 Å². The van der Waals surface area contributed by atoms with Gasteiger partial charge >= 0.3 is 0 Å². The Balaban J connectivity index is 1.70. The van der Waals surface area contributed by atoms with Gasteiger partial charge in [-0.2, -0.15) is 0 Å². The molecular formula is C21H16O4. The largest absolute Gasteiger partial charge is 0.504 e. The van der Waals surface area contributed by atoms with Crippen LogP contribution in [0.5, 0.6) is 23.0 Å². The van der Waals surface area contributed by atoms with E-state index in [1.165, 1.54) is 24.3 Å². The van der Waals surface area contributed by atoms with E-state index in [2.05, 4.69) is 0 Å². The molecule has 0 saturated heterocycles. The average molecular weight is 332 g/mol. The second-order valence-corrected chi connectivity index (χ2v) is 5.36. The van der Waals surface area contributed by atoms with E-state index in [4.69, 9.17) is 4.74 Å². The van der Waals surface area contributed by atoms with E-state index in [0.717, 1.165) is 5.56 Å². The van der Waals surface area contributed by atoms with E-state index in [9.17, 15) is 15.0 Å². The summed E-state index contributed by atoms with van der Waals surface area (Å²) in [7, 11) is 0. The molecule has 0 bridgehead atoms. The molecule has 0 amide bonds. The Bertz CT molecular complexity index is 877. The minimum absolute atomic E-state index is 0.00467. The van der Waals surface area contributed by atoms with E-state index in [1.807, 2.05) is 18.2 Å². The highest BCUT2D eigenvalue weighted by Gasteiger charge is 2.09. The van der Waals surface area contributed by atoms with Gasteiger partial charge in [-0.25, -0.2) is 0 Å². The van der Waals surface area contributed by atoms with Gasteiger partial charge in [0, 0.05) is 5.56 Å². The Morgan fingerprint density at radius 2 is 1.44 bits per heavy atom. The maximum Gasteiger partial charge on any atom is 0.210 e.